The van der Waals surface area contributed by atoms with Crippen LogP contribution in [-0.4, -0.2) is 23.5 Å². The molecule has 0 radical (unpaired) electrons. The van der Waals surface area contributed by atoms with E-state index in [9.17, 15) is 0 Å². The highest BCUT2D eigenvalue weighted by atomic mass is 35.5. The second-order valence-corrected chi connectivity index (χ2v) is 7.56. The molecule has 0 amide bonds. The highest BCUT2D eigenvalue weighted by Crippen LogP contribution is 2.28. The summed E-state index contributed by atoms with van der Waals surface area (Å²) in [6.45, 7) is 5.94. The Hall–Kier alpha value is -1.09. The zero-order valence-electron chi connectivity index (χ0n) is 14.7. The highest BCUT2D eigenvalue weighted by molar-refractivity contribution is 7.11. The lowest BCUT2D eigenvalue weighted by Gasteiger charge is -2.38. The molecule has 1 nitrogen and oxygen atoms in total. The predicted octanol–water partition coefficient (Wildman–Crippen LogP) is 6.25. The second-order valence-electron chi connectivity index (χ2n) is 6.62. The zero-order valence-corrected chi connectivity index (χ0v) is 16.3. The van der Waals surface area contributed by atoms with Crippen molar-refractivity contribution in [2.45, 2.75) is 51.6 Å². The van der Waals surface area contributed by atoms with Gasteiger partial charge in [0.25, 0.3) is 0 Å². The number of hydrogen-bond acceptors (Lipinski definition) is 2. The normalized spacial score (nSPS) is 22.2. The number of hydrogen-bond donors (Lipinski definition) is 0. The van der Waals surface area contributed by atoms with Gasteiger partial charge in [0.15, 0.2) is 0 Å². The van der Waals surface area contributed by atoms with Crippen LogP contribution in [0.1, 0.15) is 50.0 Å². The van der Waals surface area contributed by atoms with Crippen molar-refractivity contribution in [3.05, 3.63) is 64.4 Å². The number of benzene rings is 1. The van der Waals surface area contributed by atoms with Crippen LogP contribution in [-0.2, 0) is 0 Å². The molecule has 0 spiro atoms. The molecule has 1 aromatic carbocycles. The minimum Gasteiger partial charge on any atom is -0.298 e. The molecule has 2 heterocycles. The van der Waals surface area contributed by atoms with Crippen molar-refractivity contribution in [2.75, 3.05) is 6.54 Å². The molecule has 130 valence electrons. The first-order valence-electron chi connectivity index (χ1n) is 8.81. The van der Waals surface area contributed by atoms with E-state index in [4.69, 9.17) is 0 Å². The van der Waals surface area contributed by atoms with E-state index in [1.165, 1.54) is 41.8 Å². The Labute approximate surface area is 156 Å². The van der Waals surface area contributed by atoms with Gasteiger partial charge in [-0.3, -0.25) is 4.90 Å². The summed E-state index contributed by atoms with van der Waals surface area (Å²) in [6, 6.07) is 16.6. The lowest BCUT2D eigenvalue weighted by molar-refractivity contribution is 0.106. The molecule has 1 aliphatic heterocycles. The van der Waals surface area contributed by atoms with Gasteiger partial charge in [-0.05, 0) is 55.7 Å². The maximum atomic E-state index is 2.69. The fraction of sp³-hybridized carbons (Fsp3) is 0.429. The van der Waals surface area contributed by atoms with Gasteiger partial charge in [-0.2, -0.15) is 0 Å². The van der Waals surface area contributed by atoms with E-state index in [1.807, 2.05) is 11.3 Å². The van der Waals surface area contributed by atoms with E-state index in [1.54, 1.807) is 0 Å². The molecule has 3 heteroatoms. The molecule has 1 saturated heterocycles. The molecule has 24 heavy (non-hydrogen) atoms. The molecule has 0 bridgehead atoms. The quantitative estimate of drug-likeness (QED) is 0.607. The first-order valence-corrected chi connectivity index (χ1v) is 9.69. The van der Waals surface area contributed by atoms with Gasteiger partial charge in [-0.25, -0.2) is 0 Å². The molecular weight excluding hydrogens is 334 g/mol. The number of thiophene rings is 1. The van der Waals surface area contributed by atoms with Gasteiger partial charge in [0, 0.05) is 23.5 Å². The molecule has 0 saturated carbocycles. The number of halogens is 1. The monoisotopic (exact) mass is 361 g/mol. The van der Waals surface area contributed by atoms with Crippen molar-refractivity contribution >= 4 is 29.3 Å². The molecule has 2 aromatic rings. The SMILES string of the molecule is CC1CCCC(C)N1CC/C=C(\c1ccccc1)c1cccs1.Cl. The summed E-state index contributed by atoms with van der Waals surface area (Å²) in [4.78, 5) is 4.06. The molecule has 2 atom stereocenters. The van der Waals surface area contributed by atoms with Crippen molar-refractivity contribution in [1.82, 2.24) is 4.90 Å². The van der Waals surface area contributed by atoms with Gasteiger partial charge >= 0.3 is 0 Å². The maximum absolute atomic E-state index is 2.69. The third-order valence-corrected chi connectivity index (χ3v) is 5.89. The van der Waals surface area contributed by atoms with Crippen molar-refractivity contribution in [2.24, 2.45) is 0 Å². The Kier molecular flexibility index (Phi) is 7.54. The number of nitrogens with zero attached hydrogens (tertiary/aromatic N) is 1. The smallest absolute Gasteiger partial charge is 0.0345 e. The molecular formula is C21H28ClNS. The number of rotatable bonds is 5. The minimum atomic E-state index is 0. The van der Waals surface area contributed by atoms with Crippen LogP contribution in [0.5, 0.6) is 0 Å². The van der Waals surface area contributed by atoms with Crippen molar-refractivity contribution in [3.63, 3.8) is 0 Å². The summed E-state index contributed by atoms with van der Waals surface area (Å²) in [6.07, 6.45) is 7.65. The lowest BCUT2D eigenvalue weighted by atomic mass is 9.97. The average Bonchev–Trinajstić information content (AvgIpc) is 3.09. The zero-order chi connectivity index (χ0) is 16.1. The minimum absolute atomic E-state index is 0. The van der Waals surface area contributed by atoms with Gasteiger partial charge in [-0.1, -0.05) is 48.9 Å². The van der Waals surface area contributed by atoms with E-state index in [-0.39, 0.29) is 12.4 Å². The van der Waals surface area contributed by atoms with Crippen molar-refractivity contribution < 1.29 is 0 Å². The van der Waals surface area contributed by atoms with E-state index in [2.05, 4.69) is 72.7 Å². The first-order chi connectivity index (χ1) is 11.3. The first kappa shape index (κ1) is 19.2. The van der Waals surface area contributed by atoms with Crippen LogP contribution in [0.3, 0.4) is 0 Å². The van der Waals surface area contributed by atoms with Crippen LogP contribution in [0.25, 0.3) is 5.57 Å². The molecule has 2 unspecified atom stereocenters. The average molecular weight is 362 g/mol. The van der Waals surface area contributed by atoms with Crippen molar-refractivity contribution in [1.29, 1.82) is 0 Å². The van der Waals surface area contributed by atoms with E-state index >= 15 is 0 Å². The molecule has 0 aliphatic carbocycles. The van der Waals surface area contributed by atoms with Crippen LogP contribution >= 0.6 is 23.7 Å². The topological polar surface area (TPSA) is 3.24 Å². The van der Waals surface area contributed by atoms with E-state index in [0.717, 1.165) is 18.5 Å². The Balaban J connectivity index is 0.00000208. The molecule has 1 aliphatic rings. The third kappa shape index (κ3) is 4.72. The Morgan fingerprint density at radius 3 is 2.42 bits per heavy atom. The number of likely N-dealkylation sites (tertiary alicyclic amines) is 1. The summed E-state index contributed by atoms with van der Waals surface area (Å²) >= 11 is 1.83. The van der Waals surface area contributed by atoms with Gasteiger partial charge in [0.1, 0.15) is 0 Å². The second kappa shape index (κ2) is 9.41. The lowest BCUT2D eigenvalue weighted by Crippen LogP contribution is -2.43. The molecule has 0 N–H and O–H groups in total. The fourth-order valence-corrected chi connectivity index (χ4v) is 4.47. The Morgan fingerprint density at radius 2 is 1.79 bits per heavy atom. The summed E-state index contributed by atoms with van der Waals surface area (Å²) in [5.74, 6) is 0. The Morgan fingerprint density at radius 1 is 1.08 bits per heavy atom. The predicted molar refractivity (Wildman–Crippen MR) is 109 cm³/mol. The standard InChI is InChI=1S/C21H27NS.ClH/c1-17-9-6-10-18(2)22(17)15-7-13-20(21-14-8-16-23-21)19-11-4-3-5-12-19;/h3-5,8,11-14,16-18H,6-7,9-10,15H2,1-2H3;1H/b20-13+;. The van der Waals surface area contributed by atoms with Gasteiger partial charge in [0.2, 0.25) is 0 Å². The largest absolute Gasteiger partial charge is 0.298 e. The highest BCUT2D eigenvalue weighted by Gasteiger charge is 2.23. The van der Waals surface area contributed by atoms with Gasteiger partial charge in [0.05, 0.1) is 0 Å². The third-order valence-electron chi connectivity index (χ3n) is 4.98. The Bertz CT molecular complexity index is 611. The van der Waals surface area contributed by atoms with Crippen LogP contribution in [0.15, 0.2) is 53.9 Å². The van der Waals surface area contributed by atoms with E-state index < -0.39 is 0 Å². The van der Waals surface area contributed by atoms with Gasteiger partial charge < -0.3 is 0 Å². The van der Waals surface area contributed by atoms with Crippen LogP contribution < -0.4 is 0 Å². The molecule has 3 rings (SSSR count). The van der Waals surface area contributed by atoms with Crippen LogP contribution in [0.2, 0.25) is 0 Å². The summed E-state index contributed by atoms with van der Waals surface area (Å²) < 4.78 is 0. The summed E-state index contributed by atoms with van der Waals surface area (Å²) in [5.41, 5.74) is 2.72. The summed E-state index contributed by atoms with van der Waals surface area (Å²) in [7, 11) is 0. The van der Waals surface area contributed by atoms with E-state index in [0.29, 0.717) is 0 Å². The molecule has 1 aromatic heterocycles. The van der Waals surface area contributed by atoms with Crippen LogP contribution in [0.4, 0.5) is 0 Å². The summed E-state index contributed by atoms with van der Waals surface area (Å²) in [5, 5.41) is 2.17. The number of piperidine rings is 1. The fourth-order valence-electron chi connectivity index (χ4n) is 3.68. The maximum Gasteiger partial charge on any atom is 0.0345 e. The van der Waals surface area contributed by atoms with Crippen LogP contribution in [0, 0.1) is 0 Å². The molecule has 1 fully saturated rings. The van der Waals surface area contributed by atoms with Gasteiger partial charge in [-0.15, -0.1) is 23.7 Å². The van der Waals surface area contributed by atoms with Crippen molar-refractivity contribution in [3.8, 4) is 0 Å².